The highest BCUT2D eigenvalue weighted by molar-refractivity contribution is 5.89. The Morgan fingerprint density at radius 1 is 1.07 bits per heavy atom. The number of esters is 1. The molecular formula is C23H26N2O5. The van der Waals surface area contributed by atoms with Gasteiger partial charge < -0.3 is 19.7 Å². The van der Waals surface area contributed by atoms with E-state index in [9.17, 15) is 14.4 Å². The summed E-state index contributed by atoms with van der Waals surface area (Å²) in [7, 11) is 1.33. The minimum atomic E-state index is -0.416. The van der Waals surface area contributed by atoms with E-state index in [1.54, 1.807) is 17.0 Å². The van der Waals surface area contributed by atoms with E-state index in [4.69, 9.17) is 9.47 Å². The maximum Gasteiger partial charge on any atom is 0.410 e. The highest BCUT2D eigenvalue weighted by atomic mass is 16.6. The predicted octanol–water partition coefficient (Wildman–Crippen LogP) is 3.45. The van der Waals surface area contributed by atoms with Gasteiger partial charge in [0.15, 0.2) is 0 Å². The molecule has 0 spiro atoms. The largest absolute Gasteiger partial charge is 0.465 e. The maximum absolute atomic E-state index is 12.8. The van der Waals surface area contributed by atoms with Gasteiger partial charge in [0.1, 0.15) is 6.61 Å². The SMILES string of the molecule is COC(=O)c1ccc(C2CC(NC(C)=O)CCN2C(=O)OCc2ccccc2)cc1. The van der Waals surface area contributed by atoms with Crippen molar-refractivity contribution >= 4 is 18.0 Å². The summed E-state index contributed by atoms with van der Waals surface area (Å²) in [4.78, 5) is 37.8. The number of carbonyl (C=O) groups excluding carboxylic acids is 3. The van der Waals surface area contributed by atoms with Crippen LogP contribution in [0.25, 0.3) is 0 Å². The fraction of sp³-hybridized carbons (Fsp3) is 0.348. The highest BCUT2D eigenvalue weighted by Crippen LogP contribution is 2.32. The number of carbonyl (C=O) groups is 3. The molecule has 1 aliphatic heterocycles. The Morgan fingerprint density at radius 3 is 2.40 bits per heavy atom. The van der Waals surface area contributed by atoms with Gasteiger partial charge in [-0.3, -0.25) is 4.79 Å². The van der Waals surface area contributed by atoms with Crippen molar-refractivity contribution in [3.63, 3.8) is 0 Å². The summed E-state index contributed by atoms with van der Waals surface area (Å²) in [5.74, 6) is -0.514. The number of nitrogens with one attached hydrogen (secondary N) is 1. The first-order valence-corrected chi connectivity index (χ1v) is 9.90. The van der Waals surface area contributed by atoms with E-state index in [0.29, 0.717) is 24.9 Å². The predicted molar refractivity (Wildman–Crippen MR) is 111 cm³/mol. The van der Waals surface area contributed by atoms with Crippen molar-refractivity contribution in [3.05, 3.63) is 71.3 Å². The molecule has 1 N–H and O–H groups in total. The number of piperidine rings is 1. The first kappa shape index (κ1) is 21.4. The fourth-order valence-electron chi connectivity index (χ4n) is 3.68. The summed E-state index contributed by atoms with van der Waals surface area (Å²) in [6, 6.07) is 16.2. The summed E-state index contributed by atoms with van der Waals surface area (Å²) in [5.41, 5.74) is 2.22. The van der Waals surface area contributed by atoms with Crippen molar-refractivity contribution in [2.24, 2.45) is 0 Å². The van der Waals surface area contributed by atoms with Crippen LogP contribution in [0, 0.1) is 0 Å². The molecule has 0 saturated carbocycles. The zero-order valence-electron chi connectivity index (χ0n) is 17.2. The first-order valence-electron chi connectivity index (χ1n) is 9.90. The molecule has 3 rings (SSSR count). The topological polar surface area (TPSA) is 84.9 Å². The molecular weight excluding hydrogens is 384 g/mol. The Bertz CT molecular complexity index is 882. The van der Waals surface area contributed by atoms with Gasteiger partial charge in [0.2, 0.25) is 5.91 Å². The lowest BCUT2D eigenvalue weighted by Crippen LogP contribution is -2.47. The molecule has 1 aliphatic rings. The third kappa shape index (κ3) is 5.37. The number of likely N-dealkylation sites (tertiary alicyclic amines) is 1. The summed E-state index contributed by atoms with van der Waals surface area (Å²) in [5, 5.41) is 2.95. The van der Waals surface area contributed by atoms with Crippen molar-refractivity contribution in [1.82, 2.24) is 10.2 Å². The lowest BCUT2D eigenvalue weighted by molar-refractivity contribution is -0.120. The average molecular weight is 410 g/mol. The number of benzene rings is 2. The fourth-order valence-corrected chi connectivity index (χ4v) is 3.68. The van der Waals surface area contributed by atoms with Crippen LogP contribution in [-0.2, 0) is 20.9 Å². The molecule has 2 amide bonds. The van der Waals surface area contributed by atoms with E-state index >= 15 is 0 Å². The molecule has 2 atom stereocenters. The minimum Gasteiger partial charge on any atom is -0.465 e. The third-order valence-corrected chi connectivity index (χ3v) is 5.17. The van der Waals surface area contributed by atoms with Crippen LogP contribution >= 0.6 is 0 Å². The molecule has 1 saturated heterocycles. The molecule has 2 unspecified atom stereocenters. The van der Waals surface area contributed by atoms with Crippen LogP contribution in [0.1, 0.15) is 47.3 Å². The van der Waals surface area contributed by atoms with Crippen molar-refractivity contribution in [1.29, 1.82) is 0 Å². The molecule has 2 aromatic carbocycles. The van der Waals surface area contributed by atoms with Crippen LogP contribution in [0.5, 0.6) is 0 Å². The lowest BCUT2D eigenvalue weighted by atomic mass is 9.91. The Kier molecular flexibility index (Phi) is 7.06. The van der Waals surface area contributed by atoms with Gasteiger partial charge in [-0.25, -0.2) is 9.59 Å². The van der Waals surface area contributed by atoms with E-state index in [0.717, 1.165) is 11.1 Å². The molecule has 1 heterocycles. The van der Waals surface area contributed by atoms with Crippen molar-refractivity contribution in [2.75, 3.05) is 13.7 Å². The zero-order valence-corrected chi connectivity index (χ0v) is 17.2. The van der Waals surface area contributed by atoms with Crippen LogP contribution in [0.4, 0.5) is 4.79 Å². The maximum atomic E-state index is 12.8. The Balaban J connectivity index is 1.76. The number of nitrogens with zero attached hydrogens (tertiary/aromatic N) is 1. The monoisotopic (exact) mass is 410 g/mol. The van der Waals surface area contributed by atoms with E-state index in [2.05, 4.69) is 5.32 Å². The van der Waals surface area contributed by atoms with Gasteiger partial charge in [0.05, 0.1) is 18.7 Å². The van der Waals surface area contributed by atoms with Crippen molar-refractivity contribution < 1.29 is 23.9 Å². The van der Waals surface area contributed by atoms with Crippen LogP contribution in [0.2, 0.25) is 0 Å². The van der Waals surface area contributed by atoms with Gasteiger partial charge in [0, 0.05) is 19.5 Å². The second kappa shape index (κ2) is 9.91. The van der Waals surface area contributed by atoms with E-state index in [1.807, 2.05) is 42.5 Å². The third-order valence-electron chi connectivity index (χ3n) is 5.17. The molecule has 7 heteroatoms. The number of ether oxygens (including phenoxy) is 2. The summed E-state index contributed by atoms with van der Waals surface area (Å²) >= 11 is 0. The normalized spacial score (nSPS) is 18.4. The number of amides is 2. The van der Waals surface area contributed by atoms with Crippen LogP contribution < -0.4 is 5.32 Å². The van der Waals surface area contributed by atoms with Gasteiger partial charge in [-0.15, -0.1) is 0 Å². The van der Waals surface area contributed by atoms with Gasteiger partial charge in [-0.1, -0.05) is 42.5 Å². The second-order valence-electron chi connectivity index (χ2n) is 7.28. The smallest absolute Gasteiger partial charge is 0.410 e. The second-order valence-corrected chi connectivity index (χ2v) is 7.28. The molecule has 30 heavy (non-hydrogen) atoms. The van der Waals surface area contributed by atoms with Crippen molar-refractivity contribution in [2.45, 2.75) is 38.5 Å². The van der Waals surface area contributed by atoms with Crippen LogP contribution in [0.3, 0.4) is 0 Å². The van der Waals surface area contributed by atoms with Crippen molar-refractivity contribution in [3.8, 4) is 0 Å². The molecule has 0 bridgehead atoms. The number of hydrogen-bond donors (Lipinski definition) is 1. The number of rotatable bonds is 5. The van der Waals surface area contributed by atoms with Crippen LogP contribution in [-0.4, -0.2) is 42.6 Å². The molecule has 0 aromatic heterocycles. The number of methoxy groups -OCH3 is 1. The lowest BCUT2D eigenvalue weighted by Gasteiger charge is -2.39. The molecule has 1 fully saturated rings. The Morgan fingerprint density at radius 2 is 1.77 bits per heavy atom. The molecule has 0 aliphatic carbocycles. The highest BCUT2D eigenvalue weighted by Gasteiger charge is 2.34. The Hall–Kier alpha value is -3.35. The van der Waals surface area contributed by atoms with Crippen LogP contribution in [0.15, 0.2) is 54.6 Å². The molecule has 2 aromatic rings. The first-order chi connectivity index (χ1) is 14.5. The zero-order chi connectivity index (χ0) is 21.5. The quantitative estimate of drug-likeness (QED) is 0.763. The molecule has 158 valence electrons. The number of hydrogen-bond acceptors (Lipinski definition) is 5. The Labute approximate surface area is 176 Å². The van der Waals surface area contributed by atoms with E-state index in [1.165, 1.54) is 14.0 Å². The van der Waals surface area contributed by atoms with Gasteiger partial charge in [-0.05, 0) is 36.1 Å². The minimum absolute atomic E-state index is 0.0362. The average Bonchev–Trinajstić information content (AvgIpc) is 2.77. The summed E-state index contributed by atoms with van der Waals surface area (Å²) < 4.78 is 10.3. The van der Waals surface area contributed by atoms with Gasteiger partial charge >= 0.3 is 12.1 Å². The summed E-state index contributed by atoms with van der Waals surface area (Å²) in [6.07, 6.45) is 0.816. The van der Waals surface area contributed by atoms with Gasteiger partial charge in [0.25, 0.3) is 0 Å². The van der Waals surface area contributed by atoms with E-state index in [-0.39, 0.29) is 24.6 Å². The standard InChI is InChI=1S/C23H26N2O5/c1-16(26)24-20-12-13-25(23(28)30-15-17-6-4-3-5-7-17)21(14-20)18-8-10-19(11-9-18)22(27)29-2/h3-11,20-21H,12-15H2,1-2H3,(H,24,26). The molecule has 7 nitrogen and oxygen atoms in total. The van der Waals surface area contributed by atoms with E-state index < -0.39 is 12.1 Å². The molecule has 0 radical (unpaired) electrons. The summed E-state index contributed by atoms with van der Waals surface area (Å²) in [6.45, 7) is 2.14. The van der Waals surface area contributed by atoms with Gasteiger partial charge in [-0.2, -0.15) is 0 Å².